The maximum Gasteiger partial charge on any atom is 0.278 e. The molecule has 2 aromatic rings. The Labute approximate surface area is 158 Å². The molecule has 0 aromatic heterocycles. The monoisotopic (exact) mass is 374 g/mol. The minimum Gasteiger partial charge on any atom is -0.298 e. The number of nitro groups is 2. The number of quaternary nitrogens is 2. The Morgan fingerprint density at radius 1 is 0.704 bits per heavy atom. The summed E-state index contributed by atoms with van der Waals surface area (Å²) < 4.78 is 0.888. The molecule has 0 saturated carbocycles. The van der Waals surface area contributed by atoms with Crippen molar-refractivity contribution in [2.75, 3.05) is 42.3 Å². The molecule has 0 saturated heterocycles. The molecule has 0 aliphatic heterocycles. The van der Waals surface area contributed by atoms with Crippen LogP contribution in [0.15, 0.2) is 36.4 Å². The fourth-order valence-electron chi connectivity index (χ4n) is 2.78. The van der Waals surface area contributed by atoms with Crippen LogP contribution in [-0.2, 0) is 6.42 Å². The number of benzene rings is 2. The second-order valence-electron chi connectivity index (χ2n) is 8.34. The van der Waals surface area contributed by atoms with Crippen molar-refractivity contribution in [3.63, 3.8) is 0 Å². The van der Waals surface area contributed by atoms with Gasteiger partial charge in [-0.3, -0.25) is 29.2 Å². The quantitative estimate of drug-likeness (QED) is 0.440. The SMILES string of the molecule is C[N+](C)(C)c1ccc(Cc2ccc([N+](C)(C)C)cc2[N+](=O)[O-])c([N+](=O)[O-])c1. The molecule has 0 atom stereocenters. The molecular formula is C19H26N4O4+2. The van der Waals surface area contributed by atoms with E-state index < -0.39 is 9.85 Å². The molecule has 0 fully saturated rings. The summed E-state index contributed by atoms with van der Waals surface area (Å²) >= 11 is 0. The number of hydrogen-bond donors (Lipinski definition) is 0. The van der Waals surface area contributed by atoms with Gasteiger partial charge in [-0.15, -0.1) is 0 Å². The van der Waals surface area contributed by atoms with E-state index in [0.717, 1.165) is 11.4 Å². The third-order valence-corrected chi connectivity index (χ3v) is 4.46. The molecule has 0 bridgehead atoms. The van der Waals surface area contributed by atoms with Gasteiger partial charge in [-0.05, 0) is 24.3 Å². The molecule has 2 rings (SSSR count). The average molecular weight is 374 g/mol. The molecule has 144 valence electrons. The first-order valence-electron chi connectivity index (χ1n) is 8.49. The van der Waals surface area contributed by atoms with Crippen LogP contribution in [0.4, 0.5) is 22.7 Å². The predicted octanol–water partition coefficient (Wildman–Crippen LogP) is 3.49. The fourth-order valence-corrected chi connectivity index (χ4v) is 2.78. The largest absolute Gasteiger partial charge is 0.298 e. The average Bonchev–Trinajstić information content (AvgIpc) is 2.53. The lowest BCUT2D eigenvalue weighted by Gasteiger charge is -2.24. The summed E-state index contributed by atoms with van der Waals surface area (Å²) in [7, 11) is 11.5. The van der Waals surface area contributed by atoms with E-state index in [1.54, 1.807) is 24.3 Å². The van der Waals surface area contributed by atoms with Crippen LogP contribution in [-0.4, -0.2) is 52.1 Å². The number of nitro benzene ring substituents is 2. The van der Waals surface area contributed by atoms with Crippen molar-refractivity contribution in [2.24, 2.45) is 0 Å². The van der Waals surface area contributed by atoms with Crippen molar-refractivity contribution in [2.45, 2.75) is 6.42 Å². The maximum atomic E-state index is 11.6. The smallest absolute Gasteiger partial charge is 0.278 e. The highest BCUT2D eigenvalue weighted by Crippen LogP contribution is 2.33. The Bertz CT molecular complexity index is 822. The molecule has 8 nitrogen and oxygen atoms in total. The lowest BCUT2D eigenvalue weighted by molar-refractivity contribution is -0.386. The van der Waals surface area contributed by atoms with Gasteiger partial charge in [0.15, 0.2) is 0 Å². The molecule has 2 aromatic carbocycles. The molecule has 0 amide bonds. The minimum absolute atomic E-state index is 0.0227. The van der Waals surface area contributed by atoms with Crippen molar-refractivity contribution < 1.29 is 9.85 Å². The highest BCUT2D eigenvalue weighted by atomic mass is 16.6. The molecule has 0 radical (unpaired) electrons. The first-order valence-corrected chi connectivity index (χ1v) is 8.49. The summed E-state index contributed by atoms with van der Waals surface area (Å²) in [5.74, 6) is 0. The summed E-state index contributed by atoms with van der Waals surface area (Å²) in [4.78, 5) is 22.3. The summed E-state index contributed by atoms with van der Waals surface area (Å²) in [5, 5.41) is 23.1. The number of nitrogens with zero attached hydrogens (tertiary/aromatic N) is 4. The van der Waals surface area contributed by atoms with Crippen LogP contribution >= 0.6 is 0 Å². The van der Waals surface area contributed by atoms with E-state index in [0.29, 0.717) is 20.1 Å². The minimum atomic E-state index is -0.430. The zero-order valence-electron chi connectivity index (χ0n) is 16.6. The van der Waals surface area contributed by atoms with Gasteiger partial charge in [0.1, 0.15) is 11.4 Å². The number of rotatable bonds is 6. The van der Waals surface area contributed by atoms with Crippen LogP contribution in [0.2, 0.25) is 0 Å². The Hall–Kier alpha value is -2.84. The van der Waals surface area contributed by atoms with Crippen LogP contribution in [0.3, 0.4) is 0 Å². The third kappa shape index (κ3) is 4.66. The van der Waals surface area contributed by atoms with E-state index in [-0.39, 0.29) is 17.8 Å². The van der Waals surface area contributed by atoms with Crippen LogP contribution in [0, 0.1) is 20.2 Å². The molecule has 27 heavy (non-hydrogen) atoms. The van der Waals surface area contributed by atoms with Crippen molar-refractivity contribution >= 4 is 22.7 Å². The summed E-state index contributed by atoms with van der Waals surface area (Å²) in [6, 6.07) is 10.1. The summed E-state index contributed by atoms with van der Waals surface area (Å²) in [6.07, 6.45) is 0.126. The molecular weight excluding hydrogens is 348 g/mol. The fraction of sp³-hybridized carbons (Fsp3) is 0.368. The highest BCUT2D eigenvalue weighted by molar-refractivity contribution is 5.59. The molecule has 0 heterocycles. The summed E-state index contributed by atoms with van der Waals surface area (Å²) in [6.45, 7) is 0. The lowest BCUT2D eigenvalue weighted by Crippen LogP contribution is -2.34. The molecule has 0 aliphatic carbocycles. The normalized spacial score (nSPS) is 12.1. The lowest BCUT2D eigenvalue weighted by atomic mass is 10.00. The van der Waals surface area contributed by atoms with E-state index >= 15 is 0 Å². The Kier molecular flexibility index (Phi) is 5.35. The summed E-state index contributed by atoms with van der Waals surface area (Å²) in [5.41, 5.74) is 2.45. The predicted molar refractivity (Wildman–Crippen MR) is 108 cm³/mol. The van der Waals surface area contributed by atoms with Crippen molar-refractivity contribution in [1.29, 1.82) is 0 Å². The van der Waals surface area contributed by atoms with Crippen LogP contribution < -0.4 is 8.97 Å². The molecule has 0 spiro atoms. The Morgan fingerprint density at radius 3 is 1.30 bits per heavy atom. The topological polar surface area (TPSA) is 86.3 Å². The van der Waals surface area contributed by atoms with Gasteiger partial charge in [-0.25, -0.2) is 0 Å². The molecule has 0 aliphatic rings. The first kappa shape index (κ1) is 20.5. The van der Waals surface area contributed by atoms with Crippen LogP contribution in [0.1, 0.15) is 11.1 Å². The third-order valence-electron chi connectivity index (χ3n) is 4.46. The van der Waals surface area contributed by atoms with E-state index in [4.69, 9.17) is 0 Å². The first-order chi connectivity index (χ1) is 12.3. The standard InChI is InChI=1S/C19H26N4O4/c1-22(2,3)16-9-7-14(18(12-16)20(24)25)11-15-8-10-17(23(4,5)6)13-19(15)21(26)27/h7-10,12-13H,11H2,1-6H3/q+2. The van der Waals surface area contributed by atoms with Gasteiger partial charge in [0.25, 0.3) is 11.4 Å². The van der Waals surface area contributed by atoms with Gasteiger partial charge in [0.05, 0.1) is 64.3 Å². The molecule has 0 unspecified atom stereocenters. The van der Waals surface area contributed by atoms with E-state index in [1.165, 1.54) is 0 Å². The highest BCUT2D eigenvalue weighted by Gasteiger charge is 2.25. The van der Waals surface area contributed by atoms with Gasteiger partial charge in [-0.2, -0.15) is 0 Å². The molecule has 0 N–H and O–H groups in total. The van der Waals surface area contributed by atoms with Crippen molar-refractivity contribution in [1.82, 2.24) is 8.97 Å². The van der Waals surface area contributed by atoms with Gasteiger partial charge >= 0.3 is 0 Å². The van der Waals surface area contributed by atoms with Crippen LogP contribution in [0.5, 0.6) is 0 Å². The van der Waals surface area contributed by atoms with E-state index in [9.17, 15) is 20.2 Å². The zero-order chi connectivity index (χ0) is 20.6. The zero-order valence-corrected chi connectivity index (χ0v) is 16.6. The van der Waals surface area contributed by atoms with Gasteiger partial charge in [0, 0.05) is 17.5 Å². The van der Waals surface area contributed by atoms with Crippen LogP contribution in [0.25, 0.3) is 0 Å². The molecule has 8 heteroatoms. The van der Waals surface area contributed by atoms with Gasteiger partial charge in [-0.1, -0.05) is 0 Å². The Balaban J connectivity index is 2.53. The van der Waals surface area contributed by atoms with Gasteiger partial charge in [0.2, 0.25) is 0 Å². The second-order valence-corrected chi connectivity index (χ2v) is 8.34. The maximum absolute atomic E-state index is 11.6. The van der Waals surface area contributed by atoms with Crippen molar-refractivity contribution in [3.05, 3.63) is 67.8 Å². The van der Waals surface area contributed by atoms with E-state index in [1.807, 2.05) is 54.4 Å². The van der Waals surface area contributed by atoms with E-state index in [2.05, 4.69) is 0 Å². The van der Waals surface area contributed by atoms with Gasteiger partial charge < -0.3 is 0 Å². The van der Waals surface area contributed by atoms with Crippen molar-refractivity contribution in [3.8, 4) is 0 Å². The second kappa shape index (κ2) is 7.05. The Morgan fingerprint density at radius 2 is 1.04 bits per heavy atom. The number of hydrogen-bond acceptors (Lipinski definition) is 4.